The van der Waals surface area contributed by atoms with Gasteiger partial charge in [-0.3, -0.25) is 14.6 Å². The van der Waals surface area contributed by atoms with Crippen molar-refractivity contribution in [1.82, 2.24) is 24.6 Å². The van der Waals surface area contributed by atoms with Gasteiger partial charge in [0.15, 0.2) is 0 Å². The van der Waals surface area contributed by atoms with E-state index >= 15 is 0 Å². The minimum absolute atomic E-state index is 0.0479. The summed E-state index contributed by atoms with van der Waals surface area (Å²) in [4.78, 5) is 32.6. The van der Waals surface area contributed by atoms with Gasteiger partial charge in [-0.2, -0.15) is 5.10 Å². The molecule has 0 aromatic carbocycles. The zero-order valence-electron chi connectivity index (χ0n) is 17.0. The van der Waals surface area contributed by atoms with Crippen molar-refractivity contribution in [2.24, 2.45) is 5.92 Å². The second kappa shape index (κ2) is 8.86. The minimum Gasteiger partial charge on any atom is -0.339 e. The molecule has 2 aliphatic heterocycles. The van der Waals surface area contributed by atoms with E-state index in [1.165, 1.54) is 0 Å². The van der Waals surface area contributed by atoms with E-state index in [-0.39, 0.29) is 11.5 Å². The highest BCUT2D eigenvalue weighted by Gasteiger charge is 2.29. The maximum atomic E-state index is 12.3. The van der Waals surface area contributed by atoms with Crippen molar-refractivity contribution < 1.29 is 4.79 Å². The van der Waals surface area contributed by atoms with Crippen LogP contribution in [0.15, 0.2) is 41.5 Å². The molecular formula is C22H29N5O2. The standard InChI is InChI=1S/C22H29N5O2/c1-17(28)26-12-2-3-20(26)16-25-13-8-18(9-14-25)15-27-22(29)5-4-21(24-27)19-6-10-23-11-7-19/h4-7,10-11,18,20H,2-3,8-9,12-16H2,1H3. The number of rotatable bonds is 5. The predicted octanol–water partition coefficient (Wildman–Crippen LogP) is 2.03. The number of amides is 1. The Morgan fingerprint density at radius 3 is 2.52 bits per heavy atom. The Kier molecular flexibility index (Phi) is 6.04. The van der Waals surface area contributed by atoms with Crippen LogP contribution in [0.2, 0.25) is 0 Å². The lowest BCUT2D eigenvalue weighted by molar-refractivity contribution is -0.130. The highest BCUT2D eigenvalue weighted by molar-refractivity contribution is 5.73. The molecule has 2 fully saturated rings. The molecule has 2 aliphatic rings. The fourth-order valence-corrected chi connectivity index (χ4v) is 4.59. The fraction of sp³-hybridized carbons (Fsp3) is 0.545. The molecule has 29 heavy (non-hydrogen) atoms. The Bertz CT molecular complexity index is 890. The van der Waals surface area contributed by atoms with Crippen LogP contribution in [0.25, 0.3) is 11.3 Å². The monoisotopic (exact) mass is 395 g/mol. The molecule has 4 heterocycles. The van der Waals surface area contributed by atoms with Crippen LogP contribution < -0.4 is 5.56 Å². The Morgan fingerprint density at radius 1 is 1.03 bits per heavy atom. The van der Waals surface area contributed by atoms with Gasteiger partial charge in [-0.25, -0.2) is 4.68 Å². The molecule has 1 atom stereocenters. The quantitative estimate of drug-likeness (QED) is 0.775. The summed E-state index contributed by atoms with van der Waals surface area (Å²) in [6.07, 6.45) is 7.81. The number of pyridine rings is 1. The molecule has 7 heteroatoms. The first kappa shape index (κ1) is 19.8. The Hall–Kier alpha value is -2.54. The van der Waals surface area contributed by atoms with Gasteiger partial charge in [0.2, 0.25) is 5.91 Å². The minimum atomic E-state index is -0.0479. The van der Waals surface area contributed by atoms with Crippen LogP contribution in [0.1, 0.15) is 32.6 Å². The van der Waals surface area contributed by atoms with Crippen LogP contribution >= 0.6 is 0 Å². The van der Waals surface area contributed by atoms with Gasteiger partial charge < -0.3 is 9.80 Å². The number of hydrogen-bond donors (Lipinski definition) is 0. The molecule has 2 aromatic rings. The second-order valence-electron chi connectivity index (χ2n) is 8.23. The Labute approximate surface area is 171 Å². The smallest absolute Gasteiger partial charge is 0.266 e. The Morgan fingerprint density at radius 2 is 1.79 bits per heavy atom. The summed E-state index contributed by atoms with van der Waals surface area (Å²) < 4.78 is 1.62. The molecule has 0 N–H and O–H groups in total. The molecule has 0 saturated carbocycles. The van der Waals surface area contributed by atoms with Crippen LogP contribution in [-0.4, -0.2) is 62.7 Å². The summed E-state index contributed by atoms with van der Waals surface area (Å²) >= 11 is 0. The van der Waals surface area contributed by atoms with E-state index in [0.717, 1.165) is 63.1 Å². The third-order valence-corrected chi connectivity index (χ3v) is 6.23. The number of aromatic nitrogens is 3. The zero-order valence-corrected chi connectivity index (χ0v) is 17.0. The highest BCUT2D eigenvalue weighted by Crippen LogP contribution is 2.23. The SMILES string of the molecule is CC(=O)N1CCCC1CN1CCC(Cn2nc(-c3ccncc3)ccc2=O)CC1. The van der Waals surface area contributed by atoms with Crippen LogP contribution in [0, 0.1) is 5.92 Å². The third-order valence-electron chi connectivity index (χ3n) is 6.23. The van der Waals surface area contributed by atoms with Gasteiger partial charge >= 0.3 is 0 Å². The number of hydrogen-bond acceptors (Lipinski definition) is 5. The molecule has 0 bridgehead atoms. The summed E-state index contributed by atoms with van der Waals surface area (Å²) in [6, 6.07) is 7.56. The number of carbonyl (C=O) groups excluding carboxylic acids is 1. The number of nitrogens with zero attached hydrogens (tertiary/aromatic N) is 5. The van der Waals surface area contributed by atoms with E-state index in [4.69, 9.17) is 0 Å². The van der Waals surface area contributed by atoms with Crippen LogP contribution in [0.5, 0.6) is 0 Å². The molecule has 0 aliphatic carbocycles. The Balaban J connectivity index is 1.34. The van der Waals surface area contributed by atoms with Crippen molar-refractivity contribution in [1.29, 1.82) is 0 Å². The molecule has 0 radical (unpaired) electrons. The average Bonchev–Trinajstić information content (AvgIpc) is 3.20. The van der Waals surface area contributed by atoms with Crippen molar-refractivity contribution in [2.75, 3.05) is 26.2 Å². The first-order valence-electron chi connectivity index (χ1n) is 10.6. The van der Waals surface area contributed by atoms with Gasteiger partial charge in [0.1, 0.15) is 0 Å². The van der Waals surface area contributed by atoms with E-state index in [1.54, 1.807) is 36.1 Å². The van der Waals surface area contributed by atoms with Crippen molar-refractivity contribution in [3.05, 3.63) is 47.0 Å². The van der Waals surface area contributed by atoms with Crippen LogP contribution in [-0.2, 0) is 11.3 Å². The van der Waals surface area contributed by atoms with Crippen molar-refractivity contribution >= 4 is 5.91 Å². The summed E-state index contributed by atoms with van der Waals surface area (Å²) in [5.74, 6) is 0.651. The molecule has 1 unspecified atom stereocenters. The molecule has 4 rings (SSSR count). The van der Waals surface area contributed by atoms with Gasteiger partial charge in [0.25, 0.3) is 5.56 Å². The van der Waals surface area contributed by atoms with Crippen molar-refractivity contribution in [3.63, 3.8) is 0 Å². The lowest BCUT2D eigenvalue weighted by Gasteiger charge is -2.35. The second-order valence-corrected chi connectivity index (χ2v) is 8.23. The molecule has 2 aromatic heterocycles. The topological polar surface area (TPSA) is 71.3 Å². The zero-order chi connectivity index (χ0) is 20.2. The number of piperidine rings is 1. The third kappa shape index (κ3) is 4.72. The van der Waals surface area contributed by atoms with E-state index in [2.05, 4.69) is 15.0 Å². The normalized spacial score (nSPS) is 20.9. The van der Waals surface area contributed by atoms with E-state index in [1.807, 2.05) is 17.0 Å². The van der Waals surface area contributed by atoms with E-state index in [0.29, 0.717) is 18.5 Å². The molecule has 7 nitrogen and oxygen atoms in total. The summed E-state index contributed by atoms with van der Waals surface area (Å²) in [6.45, 7) is 6.25. The summed E-state index contributed by atoms with van der Waals surface area (Å²) in [5, 5.41) is 4.59. The molecule has 0 spiro atoms. The van der Waals surface area contributed by atoms with Crippen LogP contribution in [0.3, 0.4) is 0 Å². The van der Waals surface area contributed by atoms with E-state index < -0.39 is 0 Å². The molecule has 1 amide bonds. The average molecular weight is 396 g/mol. The van der Waals surface area contributed by atoms with Gasteiger partial charge in [-0.15, -0.1) is 0 Å². The van der Waals surface area contributed by atoms with E-state index in [9.17, 15) is 9.59 Å². The fourth-order valence-electron chi connectivity index (χ4n) is 4.59. The van der Waals surface area contributed by atoms with Gasteiger partial charge in [-0.1, -0.05) is 0 Å². The first-order valence-corrected chi connectivity index (χ1v) is 10.6. The van der Waals surface area contributed by atoms with Crippen LogP contribution in [0.4, 0.5) is 0 Å². The lowest BCUT2D eigenvalue weighted by atomic mass is 9.96. The molecule has 154 valence electrons. The molecule has 2 saturated heterocycles. The maximum Gasteiger partial charge on any atom is 0.266 e. The van der Waals surface area contributed by atoms with Crippen molar-refractivity contribution in [3.8, 4) is 11.3 Å². The molecular weight excluding hydrogens is 366 g/mol. The van der Waals surface area contributed by atoms with Crippen molar-refractivity contribution in [2.45, 2.75) is 45.2 Å². The van der Waals surface area contributed by atoms with Gasteiger partial charge in [-0.05, 0) is 62.9 Å². The van der Waals surface area contributed by atoms with Gasteiger partial charge in [0.05, 0.1) is 5.69 Å². The summed E-state index contributed by atoms with van der Waals surface area (Å²) in [5.41, 5.74) is 1.72. The van der Waals surface area contributed by atoms with Gasteiger partial charge in [0, 0.05) is 56.6 Å². The number of likely N-dealkylation sites (tertiary alicyclic amines) is 2. The maximum absolute atomic E-state index is 12.3. The first-order chi connectivity index (χ1) is 14.1. The summed E-state index contributed by atoms with van der Waals surface area (Å²) in [7, 11) is 0. The number of carbonyl (C=O) groups is 1. The lowest BCUT2D eigenvalue weighted by Crippen LogP contribution is -2.45. The highest BCUT2D eigenvalue weighted by atomic mass is 16.2. The predicted molar refractivity (Wildman–Crippen MR) is 111 cm³/mol. The largest absolute Gasteiger partial charge is 0.339 e.